The summed E-state index contributed by atoms with van der Waals surface area (Å²) in [5.41, 5.74) is 3.04. The van der Waals surface area contributed by atoms with Crippen molar-refractivity contribution in [3.63, 3.8) is 0 Å². The minimum absolute atomic E-state index is 0.0114. The van der Waals surface area contributed by atoms with E-state index in [4.69, 9.17) is 4.42 Å². The van der Waals surface area contributed by atoms with E-state index in [1.165, 1.54) is 0 Å². The van der Waals surface area contributed by atoms with Crippen LogP contribution in [0.5, 0.6) is 0 Å². The Kier molecular flexibility index (Phi) is 3.18. The highest BCUT2D eigenvalue weighted by molar-refractivity contribution is 5.80. The first kappa shape index (κ1) is 13.1. The number of aromatic amines is 1. The van der Waals surface area contributed by atoms with E-state index in [0.29, 0.717) is 6.54 Å². The van der Waals surface area contributed by atoms with Crippen LogP contribution in [-0.4, -0.2) is 15.9 Å². The number of H-pyrrole nitrogens is 1. The summed E-state index contributed by atoms with van der Waals surface area (Å²) in [6.45, 7) is 0.430. The van der Waals surface area contributed by atoms with E-state index in [9.17, 15) is 4.79 Å². The Morgan fingerprint density at radius 3 is 3.23 bits per heavy atom. The molecule has 1 aliphatic carbocycles. The van der Waals surface area contributed by atoms with Gasteiger partial charge in [-0.2, -0.15) is 0 Å². The van der Waals surface area contributed by atoms with Crippen LogP contribution in [0.15, 0.2) is 41.1 Å². The number of nitrogens with zero attached hydrogens (tertiary/aromatic N) is 1. The number of aryl methyl sites for hydroxylation is 1. The highest BCUT2D eigenvalue weighted by atomic mass is 16.3. The normalized spacial score (nSPS) is 17.4. The number of hydrogen-bond acceptors (Lipinski definition) is 3. The largest absolute Gasteiger partial charge is 0.459 e. The smallest absolute Gasteiger partial charge is 0.223 e. The zero-order valence-corrected chi connectivity index (χ0v) is 12.1. The number of furan rings is 1. The third-order valence-corrected chi connectivity index (χ3v) is 4.27. The number of fused-ring (bicyclic) bond motifs is 2. The molecule has 22 heavy (non-hydrogen) atoms. The number of aromatic nitrogens is 2. The fourth-order valence-corrected chi connectivity index (χ4v) is 3.07. The quantitative estimate of drug-likeness (QED) is 0.780. The molecule has 1 aromatic carbocycles. The third kappa shape index (κ3) is 2.39. The SMILES string of the molecule is O=C(NCc1cc2ccccc2o1)C1CCc2nc[nH]c2C1. The van der Waals surface area contributed by atoms with Gasteiger partial charge in [-0.15, -0.1) is 0 Å². The highest BCUT2D eigenvalue weighted by Gasteiger charge is 2.26. The number of carbonyl (C=O) groups excluding carboxylic acids is 1. The number of benzene rings is 1. The number of rotatable bonds is 3. The molecule has 0 bridgehead atoms. The number of hydrogen-bond donors (Lipinski definition) is 2. The first-order valence-corrected chi connectivity index (χ1v) is 7.56. The second-order valence-corrected chi connectivity index (χ2v) is 5.74. The lowest BCUT2D eigenvalue weighted by atomic mass is 9.89. The predicted molar refractivity (Wildman–Crippen MR) is 82.2 cm³/mol. The average molecular weight is 295 g/mol. The van der Waals surface area contributed by atoms with Crippen LogP contribution in [0.4, 0.5) is 0 Å². The highest BCUT2D eigenvalue weighted by Crippen LogP contribution is 2.23. The molecule has 0 fully saturated rings. The maximum atomic E-state index is 12.3. The van der Waals surface area contributed by atoms with Crippen LogP contribution >= 0.6 is 0 Å². The topological polar surface area (TPSA) is 70.9 Å². The molecule has 2 aromatic heterocycles. The van der Waals surface area contributed by atoms with Gasteiger partial charge in [-0.25, -0.2) is 4.98 Å². The van der Waals surface area contributed by atoms with E-state index < -0.39 is 0 Å². The second-order valence-electron chi connectivity index (χ2n) is 5.74. The van der Waals surface area contributed by atoms with Crippen molar-refractivity contribution in [2.24, 2.45) is 5.92 Å². The molecule has 0 aliphatic heterocycles. The lowest BCUT2D eigenvalue weighted by Crippen LogP contribution is -2.33. The van der Waals surface area contributed by atoms with Crippen molar-refractivity contribution < 1.29 is 9.21 Å². The van der Waals surface area contributed by atoms with E-state index in [1.54, 1.807) is 6.33 Å². The second kappa shape index (κ2) is 5.33. The van der Waals surface area contributed by atoms with Gasteiger partial charge in [0.25, 0.3) is 0 Å². The summed E-state index contributed by atoms with van der Waals surface area (Å²) in [4.78, 5) is 19.7. The molecule has 3 aromatic rings. The molecule has 1 atom stereocenters. The Balaban J connectivity index is 1.40. The minimum atomic E-state index is 0.0114. The molecular formula is C17H17N3O2. The molecule has 1 amide bonds. The van der Waals surface area contributed by atoms with Crippen molar-refractivity contribution in [2.75, 3.05) is 0 Å². The lowest BCUT2D eigenvalue weighted by molar-refractivity contribution is -0.125. The summed E-state index contributed by atoms with van der Waals surface area (Å²) >= 11 is 0. The summed E-state index contributed by atoms with van der Waals surface area (Å²) in [7, 11) is 0. The van der Waals surface area contributed by atoms with Gasteiger partial charge in [0.1, 0.15) is 11.3 Å². The molecule has 0 saturated heterocycles. The molecule has 1 unspecified atom stereocenters. The fourth-order valence-electron chi connectivity index (χ4n) is 3.07. The van der Waals surface area contributed by atoms with Crippen LogP contribution in [0, 0.1) is 5.92 Å². The molecule has 112 valence electrons. The summed E-state index contributed by atoms with van der Waals surface area (Å²) in [5.74, 6) is 0.880. The maximum Gasteiger partial charge on any atom is 0.223 e. The molecule has 0 spiro atoms. The van der Waals surface area contributed by atoms with Crippen LogP contribution in [0.2, 0.25) is 0 Å². The van der Waals surface area contributed by atoms with E-state index in [2.05, 4.69) is 15.3 Å². The van der Waals surface area contributed by atoms with Crippen LogP contribution < -0.4 is 5.32 Å². The van der Waals surface area contributed by atoms with Gasteiger partial charge in [-0.05, 0) is 25.0 Å². The molecule has 0 saturated carbocycles. The third-order valence-electron chi connectivity index (χ3n) is 4.27. The van der Waals surface area contributed by atoms with Gasteiger partial charge < -0.3 is 14.7 Å². The van der Waals surface area contributed by atoms with Gasteiger partial charge in [0.15, 0.2) is 0 Å². The van der Waals surface area contributed by atoms with E-state index in [1.807, 2.05) is 30.3 Å². The Hall–Kier alpha value is -2.56. The van der Waals surface area contributed by atoms with Crippen LogP contribution in [0.25, 0.3) is 11.0 Å². The van der Waals surface area contributed by atoms with Crippen LogP contribution in [0.1, 0.15) is 23.6 Å². The number of para-hydroxylation sites is 1. The van der Waals surface area contributed by atoms with Crippen LogP contribution in [-0.2, 0) is 24.2 Å². The van der Waals surface area contributed by atoms with Crippen molar-refractivity contribution in [2.45, 2.75) is 25.8 Å². The van der Waals surface area contributed by atoms with Crippen molar-refractivity contribution >= 4 is 16.9 Å². The van der Waals surface area contributed by atoms with Gasteiger partial charge in [0, 0.05) is 23.4 Å². The first-order valence-electron chi connectivity index (χ1n) is 7.56. The monoisotopic (exact) mass is 295 g/mol. The number of amides is 1. The molecular weight excluding hydrogens is 278 g/mol. The summed E-state index contributed by atoms with van der Waals surface area (Å²) in [5, 5.41) is 4.05. The van der Waals surface area contributed by atoms with Crippen molar-refractivity contribution in [1.82, 2.24) is 15.3 Å². The molecule has 5 heteroatoms. The Bertz CT molecular complexity index is 785. The summed E-state index contributed by atoms with van der Waals surface area (Å²) in [6.07, 6.45) is 4.16. The Morgan fingerprint density at radius 1 is 1.41 bits per heavy atom. The molecule has 0 radical (unpaired) electrons. The lowest BCUT2D eigenvalue weighted by Gasteiger charge is -2.20. The standard InChI is InChI=1S/C17H17N3O2/c21-17(12-5-6-14-15(8-12)20-10-19-14)18-9-13-7-11-3-1-2-4-16(11)22-13/h1-4,7,10,12H,5-6,8-9H2,(H,18,21)(H,19,20). The molecule has 2 heterocycles. The van der Waals surface area contributed by atoms with Crippen LogP contribution in [0.3, 0.4) is 0 Å². The zero-order chi connectivity index (χ0) is 14.9. The van der Waals surface area contributed by atoms with Gasteiger partial charge in [0.05, 0.1) is 18.6 Å². The van der Waals surface area contributed by atoms with Gasteiger partial charge in [-0.1, -0.05) is 18.2 Å². The van der Waals surface area contributed by atoms with Gasteiger partial charge in [-0.3, -0.25) is 4.79 Å². The predicted octanol–water partition coefficient (Wildman–Crippen LogP) is 2.58. The molecule has 5 nitrogen and oxygen atoms in total. The maximum absolute atomic E-state index is 12.3. The van der Waals surface area contributed by atoms with Crippen molar-refractivity contribution in [1.29, 1.82) is 0 Å². The molecule has 1 aliphatic rings. The Labute approximate surface area is 127 Å². The number of carbonyl (C=O) groups is 1. The van der Waals surface area contributed by atoms with E-state index in [0.717, 1.165) is 47.4 Å². The fraction of sp³-hybridized carbons (Fsp3) is 0.294. The number of nitrogens with one attached hydrogen (secondary N) is 2. The number of imidazole rings is 1. The van der Waals surface area contributed by atoms with Gasteiger partial charge >= 0.3 is 0 Å². The van der Waals surface area contributed by atoms with Crippen molar-refractivity contribution in [3.8, 4) is 0 Å². The molecule has 4 rings (SSSR count). The minimum Gasteiger partial charge on any atom is -0.459 e. The first-order chi connectivity index (χ1) is 10.8. The Morgan fingerprint density at radius 2 is 2.32 bits per heavy atom. The summed E-state index contributed by atoms with van der Waals surface area (Å²) in [6, 6.07) is 9.83. The summed E-state index contributed by atoms with van der Waals surface area (Å²) < 4.78 is 5.72. The van der Waals surface area contributed by atoms with E-state index in [-0.39, 0.29) is 11.8 Å². The zero-order valence-electron chi connectivity index (χ0n) is 12.1. The average Bonchev–Trinajstić information content (AvgIpc) is 3.17. The van der Waals surface area contributed by atoms with Crippen molar-refractivity contribution in [3.05, 3.63) is 53.8 Å². The van der Waals surface area contributed by atoms with E-state index >= 15 is 0 Å². The molecule has 2 N–H and O–H groups in total. The van der Waals surface area contributed by atoms with Gasteiger partial charge in [0.2, 0.25) is 5.91 Å².